The fourth-order valence-corrected chi connectivity index (χ4v) is 2.48. The van der Waals surface area contributed by atoms with E-state index in [0.29, 0.717) is 5.56 Å². The summed E-state index contributed by atoms with van der Waals surface area (Å²) < 4.78 is 26.6. The van der Waals surface area contributed by atoms with Gasteiger partial charge in [-0.3, -0.25) is 10.1 Å². The summed E-state index contributed by atoms with van der Waals surface area (Å²) in [6.45, 7) is 0.222. The summed E-state index contributed by atoms with van der Waals surface area (Å²) in [6, 6.07) is 3.46. The van der Waals surface area contributed by atoms with Crippen LogP contribution in [0.3, 0.4) is 0 Å². The SMILES string of the molecule is O=[N+]([O-])c1cc(CNc2cc(Br)c(F)cc2F)cs1. The average molecular weight is 349 g/mol. The molecular formula is C11H7BrF2N2O2S. The lowest BCUT2D eigenvalue weighted by molar-refractivity contribution is -0.380. The number of hydrogen-bond donors (Lipinski definition) is 1. The highest BCUT2D eigenvalue weighted by Gasteiger charge is 2.11. The monoisotopic (exact) mass is 348 g/mol. The van der Waals surface area contributed by atoms with Crippen molar-refractivity contribution in [2.45, 2.75) is 6.54 Å². The van der Waals surface area contributed by atoms with Crippen LogP contribution < -0.4 is 5.32 Å². The molecule has 1 aromatic carbocycles. The van der Waals surface area contributed by atoms with Gasteiger partial charge in [0.2, 0.25) is 0 Å². The Bertz CT molecular complexity index is 633. The molecule has 8 heteroatoms. The molecule has 0 aliphatic rings. The predicted molar refractivity (Wildman–Crippen MR) is 72.4 cm³/mol. The van der Waals surface area contributed by atoms with Crippen LogP contribution in [0.2, 0.25) is 0 Å². The summed E-state index contributed by atoms with van der Waals surface area (Å²) in [5.41, 5.74) is 0.790. The molecule has 0 unspecified atom stereocenters. The molecule has 1 aromatic heterocycles. The molecule has 1 heterocycles. The van der Waals surface area contributed by atoms with Gasteiger partial charge in [0.1, 0.15) is 11.6 Å². The van der Waals surface area contributed by atoms with Crippen molar-refractivity contribution in [3.8, 4) is 0 Å². The Morgan fingerprint density at radius 2 is 2.05 bits per heavy atom. The largest absolute Gasteiger partial charge is 0.379 e. The normalized spacial score (nSPS) is 10.5. The first-order valence-corrected chi connectivity index (χ1v) is 6.75. The van der Waals surface area contributed by atoms with Gasteiger partial charge in [0, 0.05) is 24.1 Å². The van der Waals surface area contributed by atoms with E-state index < -0.39 is 16.6 Å². The van der Waals surface area contributed by atoms with Gasteiger partial charge < -0.3 is 5.32 Å². The van der Waals surface area contributed by atoms with Gasteiger partial charge in [0.05, 0.1) is 15.1 Å². The lowest BCUT2D eigenvalue weighted by atomic mass is 10.2. The maximum atomic E-state index is 13.4. The van der Waals surface area contributed by atoms with Crippen LogP contribution in [0.4, 0.5) is 19.5 Å². The van der Waals surface area contributed by atoms with Gasteiger partial charge in [-0.05, 0) is 27.6 Å². The van der Waals surface area contributed by atoms with Gasteiger partial charge in [-0.2, -0.15) is 0 Å². The second-order valence-electron chi connectivity index (χ2n) is 3.65. The van der Waals surface area contributed by atoms with E-state index in [1.807, 2.05) is 0 Å². The van der Waals surface area contributed by atoms with Crippen LogP contribution in [0, 0.1) is 21.7 Å². The number of anilines is 1. The van der Waals surface area contributed by atoms with Gasteiger partial charge in [-0.25, -0.2) is 8.78 Å². The molecule has 0 atom stereocenters. The van der Waals surface area contributed by atoms with Crippen molar-refractivity contribution in [1.29, 1.82) is 0 Å². The Labute approximate surface area is 119 Å². The molecule has 4 nitrogen and oxygen atoms in total. The molecule has 0 bridgehead atoms. The van der Waals surface area contributed by atoms with Crippen molar-refractivity contribution in [1.82, 2.24) is 0 Å². The van der Waals surface area contributed by atoms with Crippen molar-refractivity contribution in [3.63, 3.8) is 0 Å². The second kappa shape index (κ2) is 5.62. The first-order chi connectivity index (χ1) is 8.97. The molecule has 2 aromatic rings. The zero-order valence-corrected chi connectivity index (χ0v) is 11.7. The molecule has 0 amide bonds. The van der Waals surface area contributed by atoms with E-state index in [-0.39, 0.29) is 21.7 Å². The van der Waals surface area contributed by atoms with Crippen molar-refractivity contribution >= 4 is 38.0 Å². The predicted octanol–water partition coefficient (Wildman–Crippen LogP) is 4.31. The smallest absolute Gasteiger partial charge is 0.324 e. The summed E-state index contributed by atoms with van der Waals surface area (Å²) in [7, 11) is 0. The second-order valence-corrected chi connectivity index (χ2v) is 5.39. The van der Waals surface area contributed by atoms with Crippen LogP contribution in [-0.2, 0) is 6.54 Å². The minimum absolute atomic E-state index is 0.0255. The Hall–Kier alpha value is -1.54. The lowest BCUT2D eigenvalue weighted by Crippen LogP contribution is -2.01. The van der Waals surface area contributed by atoms with Crippen molar-refractivity contribution < 1.29 is 13.7 Å². The van der Waals surface area contributed by atoms with Gasteiger partial charge >= 0.3 is 5.00 Å². The van der Waals surface area contributed by atoms with Crippen LogP contribution in [-0.4, -0.2) is 4.92 Å². The summed E-state index contributed by atoms with van der Waals surface area (Å²) in [6.07, 6.45) is 0. The maximum Gasteiger partial charge on any atom is 0.324 e. The number of benzene rings is 1. The third-order valence-electron chi connectivity index (χ3n) is 2.31. The summed E-state index contributed by atoms with van der Waals surface area (Å²) in [5.74, 6) is -1.40. The van der Waals surface area contributed by atoms with E-state index in [2.05, 4.69) is 21.2 Å². The fraction of sp³-hybridized carbons (Fsp3) is 0.0909. The average Bonchev–Trinajstić information content (AvgIpc) is 2.81. The van der Waals surface area contributed by atoms with E-state index in [1.54, 1.807) is 5.38 Å². The van der Waals surface area contributed by atoms with Gasteiger partial charge in [0.25, 0.3) is 0 Å². The number of rotatable bonds is 4. The molecule has 2 rings (SSSR count). The van der Waals surface area contributed by atoms with E-state index in [4.69, 9.17) is 0 Å². The molecule has 0 fully saturated rings. The van der Waals surface area contributed by atoms with Crippen LogP contribution in [0.1, 0.15) is 5.56 Å². The molecule has 100 valence electrons. The minimum Gasteiger partial charge on any atom is -0.379 e. The molecule has 1 N–H and O–H groups in total. The molecule has 0 aliphatic heterocycles. The summed E-state index contributed by atoms with van der Waals surface area (Å²) in [5, 5.41) is 14.9. The van der Waals surface area contributed by atoms with Crippen molar-refractivity contribution in [2.75, 3.05) is 5.32 Å². The van der Waals surface area contributed by atoms with E-state index in [0.717, 1.165) is 17.4 Å². The Kier molecular flexibility index (Phi) is 4.11. The van der Waals surface area contributed by atoms with Gasteiger partial charge in [0.15, 0.2) is 0 Å². The third-order valence-corrected chi connectivity index (χ3v) is 3.85. The quantitative estimate of drug-likeness (QED) is 0.508. The summed E-state index contributed by atoms with van der Waals surface area (Å²) >= 11 is 3.96. The van der Waals surface area contributed by atoms with E-state index in [1.165, 1.54) is 12.1 Å². The topological polar surface area (TPSA) is 55.2 Å². The standard InChI is InChI=1S/C11H7BrF2N2O2S/c12-7-2-10(9(14)3-8(7)13)15-4-6-1-11(16(17)18)19-5-6/h1-3,5,15H,4H2. The first kappa shape index (κ1) is 13.9. The van der Waals surface area contributed by atoms with Crippen LogP contribution in [0.5, 0.6) is 0 Å². The maximum absolute atomic E-state index is 13.4. The number of hydrogen-bond acceptors (Lipinski definition) is 4. The summed E-state index contributed by atoms with van der Waals surface area (Å²) in [4.78, 5) is 10.0. The molecule has 0 saturated carbocycles. The molecule has 0 saturated heterocycles. The Morgan fingerprint density at radius 3 is 2.68 bits per heavy atom. The first-order valence-electron chi connectivity index (χ1n) is 5.07. The highest BCUT2D eigenvalue weighted by Crippen LogP contribution is 2.26. The third kappa shape index (κ3) is 3.27. The van der Waals surface area contributed by atoms with Crippen molar-refractivity contribution in [3.05, 3.63) is 55.4 Å². The number of nitrogens with one attached hydrogen (secondary N) is 1. The Balaban J connectivity index is 2.09. The van der Waals surface area contributed by atoms with Crippen LogP contribution in [0.25, 0.3) is 0 Å². The number of nitrogens with zero attached hydrogens (tertiary/aromatic N) is 1. The molecule has 0 aliphatic carbocycles. The zero-order valence-electron chi connectivity index (χ0n) is 9.32. The van der Waals surface area contributed by atoms with Gasteiger partial charge in [-0.1, -0.05) is 11.3 Å². The molecule has 0 radical (unpaired) electrons. The number of nitro groups is 1. The lowest BCUT2D eigenvalue weighted by Gasteiger charge is -2.07. The highest BCUT2D eigenvalue weighted by molar-refractivity contribution is 9.10. The molecule has 0 spiro atoms. The molecule has 19 heavy (non-hydrogen) atoms. The Morgan fingerprint density at radius 1 is 1.32 bits per heavy atom. The highest BCUT2D eigenvalue weighted by atomic mass is 79.9. The fourth-order valence-electron chi connectivity index (χ4n) is 1.41. The van der Waals surface area contributed by atoms with Crippen molar-refractivity contribution in [2.24, 2.45) is 0 Å². The van der Waals surface area contributed by atoms with Crippen LogP contribution >= 0.6 is 27.3 Å². The molecular weight excluding hydrogens is 342 g/mol. The van der Waals surface area contributed by atoms with Gasteiger partial charge in [-0.15, -0.1) is 0 Å². The van der Waals surface area contributed by atoms with E-state index in [9.17, 15) is 18.9 Å². The van der Waals surface area contributed by atoms with Crippen LogP contribution in [0.15, 0.2) is 28.1 Å². The number of thiophene rings is 1. The number of halogens is 3. The zero-order chi connectivity index (χ0) is 14.0. The minimum atomic E-state index is -0.717. The van der Waals surface area contributed by atoms with E-state index >= 15 is 0 Å².